The molecule has 2 aromatic carbocycles. The number of amides is 1. The van der Waals surface area contributed by atoms with Crippen LogP contribution in [-0.4, -0.2) is 45.1 Å². The van der Waals surface area contributed by atoms with Crippen LogP contribution >= 0.6 is 0 Å². The fourth-order valence-electron chi connectivity index (χ4n) is 2.50. The van der Waals surface area contributed by atoms with Gasteiger partial charge in [0.25, 0.3) is 0 Å². The highest BCUT2D eigenvalue weighted by molar-refractivity contribution is 7.88. The third-order valence-corrected chi connectivity index (χ3v) is 5.16. The first-order chi connectivity index (χ1) is 12.8. The van der Waals surface area contributed by atoms with Crippen molar-refractivity contribution in [2.75, 3.05) is 26.5 Å². The van der Waals surface area contributed by atoms with E-state index in [1.165, 1.54) is 18.2 Å². The standard InChI is InChI=1S/C19H23FN2O4S/c1-26-17-8-5-6-15(12-17)10-11-21-19(23)14-22(27(2,24)25)13-16-7-3-4-9-18(16)20/h3-9,12H,10-11,13-14H2,1-2H3,(H,21,23). The first kappa shape index (κ1) is 20.9. The van der Waals surface area contributed by atoms with Crippen LogP contribution in [0.3, 0.4) is 0 Å². The molecule has 0 radical (unpaired) electrons. The van der Waals surface area contributed by atoms with Gasteiger partial charge in [-0.15, -0.1) is 0 Å². The summed E-state index contributed by atoms with van der Waals surface area (Å²) in [4.78, 5) is 12.2. The summed E-state index contributed by atoms with van der Waals surface area (Å²) in [5.41, 5.74) is 1.20. The lowest BCUT2D eigenvalue weighted by Crippen LogP contribution is -2.40. The van der Waals surface area contributed by atoms with Crippen molar-refractivity contribution in [2.24, 2.45) is 0 Å². The summed E-state index contributed by atoms with van der Waals surface area (Å²) in [6.45, 7) is -0.219. The molecule has 27 heavy (non-hydrogen) atoms. The first-order valence-electron chi connectivity index (χ1n) is 8.38. The van der Waals surface area contributed by atoms with Crippen LogP contribution < -0.4 is 10.1 Å². The molecular formula is C19H23FN2O4S. The smallest absolute Gasteiger partial charge is 0.235 e. The summed E-state index contributed by atoms with van der Waals surface area (Å²) in [7, 11) is -2.09. The molecule has 0 heterocycles. The molecule has 0 unspecified atom stereocenters. The predicted molar refractivity (Wildman–Crippen MR) is 101 cm³/mol. The van der Waals surface area contributed by atoms with Gasteiger partial charge in [-0.05, 0) is 30.2 Å². The maximum atomic E-state index is 13.8. The lowest BCUT2D eigenvalue weighted by molar-refractivity contribution is -0.121. The summed E-state index contributed by atoms with van der Waals surface area (Å²) in [6.07, 6.45) is 1.58. The SMILES string of the molecule is COc1cccc(CCNC(=O)CN(Cc2ccccc2F)S(C)(=O)=O)c1. The minimum Gasteiger partial charge on any atom is -0.497 e. The Morgan fingerprint density at radius 2 is 1.93 bits per heavy atom. The molecular weight excluding hydrogens is 371 g/mol. The number of sulfonamides is 1. The van der Waals surface area contributed by atoms with Gasteiger partial charge in [-0.3, -0.25) is 4.79 Å². The molecule has 1 amide bonds. The lowest BCUT2D eigenvalue weighted by Gasteiger charge is -2.20. The van der Waals surface area contributed by atoms with Gasteiger partial charge < -0.3 is 10.1 Å². The Kier molecular flexibility index (Phi) is 7.32. The molecule has 1 N–H and O–H groups in total. The highest BCUT2D eigenvalue weighted by atomic mass is 32.2. The maximum absolute atomic E-state index is 13.8. The predicted octanol–water partition coefficient (Wildman–Crippen LogP) is 1.95. The summed E-state index contributed by atoms with van der Waals surface area (Å²) in [6, 6.07) is 13.4. The minimum absolute atomic E-state index is 0.200. The molecule has 8 heteroatoms. The fourth-order valence-corrected chi connectivity index (χ4v) is 3.22. The number of carbonyl (C=O) groups is 1. The summed E-state index contributed by atoms with van der Waals surface area (Å²) < 4.78 is 43.8. The number of halogens is 1. The summed E-state index contributed by atoms with van der Waals surface area (Å²) in [5, 5.41) is 2.69. The Labute approximate surface area is 159 Å². The maximum Gasteiger partial charge on any atom is 0.235 e. The van der Waals surface area contributed by atoms with E-state index < -0.39 is 21.7 Å². The molecule has 0 fully saturated rings. The van der Waals surface area contributed by atoms with Gasteiger partial charge in [0.15, 0.2) is 0 Å². The second-order valence-corrected chi connectivity index (χ2v) is 8.06. The fraction of sp³-hybridized carbons (Fsp3) is 0.316. The number of carbonyl (C=O) groups excluding carboxylic acids is 1. The Hall–Kier alpha value is -2.45. The third kappa shape index (κ3) is 6.65. The van der Waals surface area contributed by atoms with E-state index in [0.29, 0.717) is 13.0 Å². The summed E-state index contributed by atoms with van der Waals surface area (Å²) in [5.74, 6) is -0.226. The molecule has 0 aromatic heterocycles. The number of nitrogens with one attached hydrogen (secondary N) is 1. The van der Waals surface area contributed by atoms with Gasteiger partial charge >= 0.3 is 0 Å². The zero-order chi connectivity index (χ0) is 19.9. The first-order valence-corrected chi connectivity index (χ1v) is 10.2. The van der Waals surface area contributed by atoms with E-state index in [0.717, 1.165) is 21.9 Å². The van der Waals surface area contributed by atoms with Gasteiger partial charge in [0.2, 0.25) is 15.9 Å². The Balaban J connectivity index is 1.93. The van der Waals surface area contributed by atoms with E-state index >= 15 is 0 Å². The van der Waals surface area contributed by atoms with Gasteiger partial charge in [-0.1, -0.05) is 30.3 Å². The number of rotatable bonds is 9. The molecule has 0 spiro atoms. The molecule has 146 valence electrons. The van der Waals surface area contributed by atoms with E-state index in [4.69, 9.17) is 4.74 Å². The van der Waals surface area contributed by atoms with Crippen molar-refractivity contribution in [2.45, 2.75) is 13.0 Å². The molecule has 0 saturated carbocycles. The Bertz CT molecular complexity index is 887. The highest BCUT2D eigenvalue weighted by Crippen LogP contribution is 2.13. The average Bonchev–Trinajstić information content (AvgIpc) is 2.62. The van der Waals surface area contributed by atoms with Gasteiger partial charge in [0.05, 0.1) is 19.9 Å². The van der Waals surface area contributed by atoms with E-state index in [1.54, 1.807) is 13.2 Å². The van der Waals surface area contributed by atoms with Crippen LogP contribution in [0.2, 0.25) is 0 Å². The zero-order valence-electron chi connectivity index (χ0n) is 15.3. The molecule has 6 nitrogen and oxygen atoms in total. The van der Waals surface area contributed by atoms with Crippen molar-refractivity contribution in [1.82, 2.24) is 9.62 Å². The molecule has 0 aliphatic rings. The molecule has 0 atom stereocenters. The molecule has 2 rings (SSSR count). The second-order valence-electron chi connectivity index (χ2n) is 6.07. The van der Waals surface area contributed by atoms with E-state index in [9.17, 15) is 17.6 Å². The van der Waals surface area contributed by atoms with Crippen molar-refractivity contribution in [3.8, 4) is 5.75 Å². The summed E-state index contributed by atoms with van der Waals surface area (Å²) >= 11 is 0. The monoisotopic (exact) mass is 394 g/mol. The van der Waals surface area contributed by atoms with E-state index in [1.807, 2.05) is 24.3 Å². The number of ether oxygens (including phenoxy) is 1. The molecule has 0 saturated heterocycles. The Morgan fingerprint density at radius 3 is 2.59 bits per heavy atom. The largest absolute Gasteiger partial charge is 0.497 e. The van der Waals surface area contributed by atoms with Crippen molar-refractivity contribution >= 4 is 15.9 Å². The topological polar surface area (TPSA) is 75.7 Å². The van der Waals surface area contributed by atoms with Crippen molar-refractivity contribution in [1.29, 1.82) is 0 Å². The Morgan fingerprint density at radius 1 is 1.19 bits per heavy atom. The quantitative estimate of drug-likeness (QED) is 0.705. The number of methoxy groups -OCH3 is 1. The number of nitrogens with zero attached hydrogens (tertiary/aromatic N) is 1. The molecule has 2 aromatic rings. The number of benzene rings is 2. The van der Waals surface area contributed by atoms with Crippen LogP contribution in [0.5, 0.6) is 5.75 Å². The van der Waals surface area contributed by atoms with Gasteiger partial charge in [-0.2, -0.15) is 4.31 Å². The zero-order valence-corrected chi connectivity index (χ0v) is 16.1. The van der Waals surface area contributed by atoms with Crippen LogP contribution in [0.25, 0.3) is 0 Å². The number of hydrogen-bond acceptors (Lipinski definition) is 4. The van der Waals surface area contributed by atoms with Crippen molar-refractivity contribution in [3.05, 3.63) is 65.5 Å². The van der Waals surface area contributed by atoms with Crippen LogP contribution in [0.4, 0.5) is 4.39 Å². The molecule has 0 aliphatic carbocycles. The van der Waals surface area contributed by atoms with Gasteiger partial charge in [0.1, 0.15) is 11.6 Å². The van der Waals surface area contributed by atoms with E-state index in [-0.39, 0.29) is 18.7 Å². The molecule has 0 aliphatic heterocycles. The van der Waals surface area contributed by atoms with Crippen LogP contribution in [-0.2, 0) is 27.8 Å². The highest BCUT2D eigenvalue weighted by Gasteiger charge is 2.21. The van der Waals surface area contributed by atoms with Gasteiger partial charge in [-0.25, -0.2) is 12.8 Å². The van der Waals surface area contributed by atoms with Gasteiger partial charge in [0, 0.05) is 18.7 Å². The minimum atomic E-state index is -3.67. The van der Waals surface area contributed by atoms with Crippen LogP contribution in [0.1, 0.15) is 11.1 Å². The normalized spacial score (nSPS) is 11.4. The van der Waals surface area contributed by atoms with E-state index in [2.05, 4.69) is 5.32 Å². The second kappa shape index (κ2) is 9.48. The average molecular weight is 394 g/mol. The molecule has 0 bridgehead atoms. The lowest BCUT2D eigenvalue weighted by atomic mass is 10.1. The van der Waals surface area contributed by atoms with Crippen molar-refractivity contribution < 1.29 is 22.3 Å². The van der Waals surface area contributed by atoms with Crippen LogP contribution in [0.15, 0.2) is 48.5 Å². The van der Waals surface area contributed by atoms with Crippen LogP contribution in [0, 0.1) is 5.82 Å². The number of hydrogen-bond donors (Lipinski definition) is 1. The van der Waals surface area contributed by atoms with Crippen molar-refractivity contribution in [3.63, 3.8) is 0 Å². The third-order valence-electron chi connectivity index (χ3n) is 3.96.